The molecule has 0 saturated carbocycles. The number of anilines is 2. The van der Waals surface area contributed by atoms with E-state index in [-0.39, 0.29) is 11.9 Å². The number of hydrogen-bond acceptors (Lipinski definition) is 6. The predicted octanol–water partition coefficient (Wildman–Crippen LogP) is 5.76. The number of ether oxygens (including phenoxy) is 2. The lowest BCUT2D eigenvalue weighted by atomic mass is 10.1. The van der Waals surface area contributed by atoms with Crippen molar-refractivity contribution >= 4 is 29.4 Å². The van der Waals surface area contributed by atoms with Gasteiger partial charge in [-0.2, -0.15) is 0 Å². The largest absolute Gasteiger partial charge is 0.444 e. The Bertz CT molecular complexity index is 1390. The molecular formula is C35H45N5O5. The van der Waals surface area contributed by atoms with Crippen LogP contribution in [0.3, 0.4) is 0 Å². The van der Waals surface area contributed by atoms with Crippen molar-refractivity contribution in [1.82, 2.24) is 15.1 Å². The molecule has 0 bridgehead atoms. The van der Waals surface area contributed by atoms with Crippen LogP contribution in [0.1, 0.15) is 48.7 Å². The maximum Gasteiger partial charge on any atom is 0.412 e. The number of urea groups is 1. The van der Waals surface area contributed by atoms with Crippen LogP contribution in [0.5, 0.6) is 0 Å². The highest BCUT2D eigenvalue weighted by Crippen LogP contribution is 2.23. The average molecular weight is 616 g/mol. The van der Waals surface area contributed by atoms with Crippen molar-refractivity contribution < 1.29 is 23.9 Å². The lowest BCUT2D eigenvalue weighted by molar-refractivity contribution is 0.0364. The third-order valence-corrected chi connectivity index (χ3v) is 7.23. The Morgan fingerprint density at radius 3 is 2.16 bits per heavy atom. The second-order valence-corrected chi connectivity index (χ2v) is 12.0. The van der Waals surface area contributed by atoms with E-state index in [1.165, 1.54) is 5.56 Å². The predicted molar refractivity (Wildman–Crippen MR) is 177 cm³/mol. The minimum atomic E-state index is -0.648. The van der Waals surface area contributed by atoms with Crippen LogP contribution in [0.2, 0.25) is 0 Å². The molecule has 3 N–H and O–H groups in total. The molecule has 0 radical (unpaired) electrons. The normalized spacial score (nSPS) is 13.5. The van der Waals surface area contributed by atoms with Gasteiger partial charge in [0, 0.05) is 44.8 Å². The topological polar surface area (TPSA) is 112 Å². The van der Waals surface area contributed by atoms with Gasteiger partial charge < -0.3 is 25.0 Å². The highest BCUT2D eigenvalue weighted by molar-refractivity contribution is 6.06. The van der Waals surface area contributed by atoms with Crippen molar-refractivity contribution in [3.63, 3.8) is 0 Å². The summed E-state index contributed by atoms with van der Waals surface area (Å²) < 4.78 is 10.8. The monoisotopic (exact) mass is 615 g/mol. The molecule has 0 aliphatic carbocycles. The molecule has 3 aromatic rings. The Balaban J connectivity index is 1.36. The Hall–Kier alpha value is -4.41. The van der Waals surface area contributed by atoms with Gasteiger partial charge in [-0.05, 0) is 69.0 Å². The van der Waals surface area contributed by atoms with Gasteiger partial charge in [0.25, 0.3) is 5.91 Å². The maximum absolute atomic E-state index is 13.3. The highest BCUT2D eigenvalue weighted by atomic mass is 16.6. The number of benzene rings is 3. The molecule has 0 atom stereocenters. The highest BCUT2D eigenvalue weighted by Gasteiger charge is 2.19. The van der Waals surface area contributed by atoms with Gasteiger partial charge >= 0.3 is 12.1 Å². The Kier molecular flexibility index (Phi) is 12.4. The lowest BCUT2D eigenvalue weighted by Crippen LogP contribution is -2.42. The number of carbonyl (C=O) groups excluding carboxylic acids is 3. The molecular weight excluding hydrogens is 570 g/mol. The summed E-state index contributed by atoms with van der Waals surface area (Å²) in [6, 6.07) is 24.2. The second kappa shape index (κ2) is 16.6. The maximum atomic E-state index is 13.3. The summed E-state index contributed by atoms with van der Waals surface area (Å²) in [5, 5.41) is 8.65. The first-order valence-electron chi connectivity index (χ1n) is 15.5. The summed E-state index contributed by atoms with van der Waals surface area (Å²) in [5.74, 6) is -0.319. The third kappa shape index (κ3) is 11.6. The average Bonchev–Trinajstić information content (AvgIpc) is 3.02. The molecule has 3 aromatic carbocycles. The van der Waals surface area contributed by atoms with Crippen molar-refractivity contribution in [1.29, 1.82) is 0 Å². The third-order valence-electron chi connectivity index (χ3n) is 7.23. The lowest BCUT2D eigenvalue weighted by Gasteiger charge is -2.28. The van der Waals surface area contributed by atoms with Gasteiger partial charge in [-0.15, -0.1) is 0 Å². The molecule has 0 unspecified atom stereocenters. The van der Waals surface area contributed by atoms with E-state index in [1.54, 1.807) is 57.2 Å². The number of carbonyl (C=O) groups is 3. The summed E-state index contributed by atoms with van der Waals surface area (Å²) in [4.78, 5) is 42.9. The van der Waals surface area contributed by atoms with Crippen LogP contribution in [0.25, 0.3) is 0 Å². The fourth-order valence-corrected chi connectivity index (χ4v) is 4.92. The minimum absolute atomic E-state index is 0.108. The molecule has 1 saturated heterocycles. The summed E-state index contributed by atoms with van der Waals surface area (Å²) in [6.45, 7) is 11.1. The van der Waals surface area contributed by atoms with Gasteiger partial charge in [-0.3, -0.25) is 15.0 Å². The first kappa shape index (κ1) is 33.5. The zero-order chi connectivity index (χ0) is 32.1. The smallest absolute Gasteiger partial charge is 0.412 e. The van der Waals surface area contributed by atoms with Crippen molar-refractivity contribution in [2.75, 3.05) is 56.6 Å². The summed E-state index contributed by atoms with van der Waals surface area (Å²) in [6.07, 6.45) is 1.00. The van der Waals surface area contributed by atoms with Gasteiger partial charge in [-0.1, -0.05) is 54.6 Å². The van der Waals surface area contributed by atoms with E-state index in [0.717, 1.165) is 51.3 Å². The minimum Gasteiger partial charge on any atom is -0.444 e. The van der Waals surface area contributed by atoms with E-state index in [1.807, 2.05) is 35.2 Å². The summed E-state index contributed by atoms with van der Waals surface area (Å²) in [5.41, 5.74) is 2.79. The zero-order valence-electron chi connectivity index (χ0n) is 26.5. The molecule has 10 nitrogen and oxygen atoms in total. The summed E-state index contributed by atoms with van der Waals surface area (Å²) >= 11 is 0. The molecule has 1 heterocycles. The number of para-hydroxylation sites is 2. The molecule has 1 aliphatic heterocycles. The number of nitrogens with one attached hydrogen (secondary N) is 3. The molecule has 1 fully saturated rings. The molecule has 240 valence electrons. The van der Waals surface area contributed by atoms with E-state index in [4.69, 9.17) is 9.47 Å². The molecule has 45 heavy (non-hydrogen) atoms. The van der Waals surface area contributed by atoms with Gasteiger partial charge in [0.05, 0.1) is 24.6 Å². The van der Waals surface area contributed by atoms with Crippen molar-refractivity contribution in [3.8, 4) is 0 Å². The fourth-order valence-electron chi connectivity index (χ4n) is 4.92. The molecule has 4 amide bonds. The standard InChI is InChI=1S/C35H45N5O5/c1-35(2,3)45-34(43)38-31-13-8-7-12-30(31)37-32(41)29-16-14-28(15-17-29)26-40(21-9-20-39-22-24-44-25-23-39)33(42)36-19-18-27-10-5-4-6-11-27/h4-8,10-17H,9,18-26H2,1-3H3,(H,36,42)(H,37,41)(H,38,43). The van der Waals surface area contributed by atoms with Crippen LogP contribution >= 0.6 is 0 Å². The number of rotatable bonds is 12. The Morgan fingerprint density at radius 1 is 0.844 bits per heavy atom. The number of hydrogen-bond donors (Lipinski definition) is 3. The van der Waals surface area contributed by atoms with Crippen LogP contribution in [-0.4, -0.2) is 79.4 Å². The van der Waals surface area contributed by atoms with Crippen molar-refractivity contribution in [3.05, 3.63) is 95.6 Å². The molecule has 10 heteroatoms. The van der Waals surface area contributed by atoms with Crippen LogP contribution < -0.4 is 16.0 Å². The second-order valence-electron chi connectivity index (χ2n) is 12.0. The van der Waals surface area contributed by atoms with E-state index in [9.17, 15) is 14.4 Å². The molecule has 1 aliphatic rings. The van der Waals surface area contributed by atoms with E-state index in [2.05, 4.69) is 33.0 Å². The fraction of sp³-hybridized carbons (Fsp3) is 0.400. The first-order valence-corrected chi connectivity index (χ1v) is 15.5. The SMILES string of the molecule is CC(C)(C)OC(=O)Nc1ccccc1NC(=O)c1ccc(CN(CCCN2CCOCC2)C(=O)NCCc2ccccc2)cc1. The van der Waals surface area contributed by atoms with E-state index >= 15 is 0 Å². The van der Waals surface area contributed by atoms with Gasteiger partial charge in [0.1, 0.15) is 5.60 Å². The Labute approximate surface area is 266 Å². The van der Waals surface area contributed by atoms with Crippen molar-refractivity contribution in [2.24, 2.45) is 0 Å². The number of morpholine rings is 1. The quantitative estimate of drug-likeness (QED) is 0.239. The van der Waals surface area contributed by atoms with Crippen LogP contribution in [0.15, 0.2) is 78.9 Å². The molecule has 4 rings (SSSR count). The van der Waals surface area contributed by atoms with Crippen LogP contribution in [0, 0.1) is 0 Å². The van der Waals surface area contributed by atoms with E-state index < -0.39 is 11.7 Å². The van der Waals surface area contributed by atoms with Gasteiger partial charge in [0.2, 0.25) is 0 Å². The zero-order valence-corrected chi connectivity index (χ0v) is 26.5. The first-order chi connectivity index (χ1) is 21.7. The van der Waals surface area contributed by atoms with Crippen molar-refractivity contribution in [2.45, 2.75) is 45.8 Å². The van der Waals surface area contributed by atoms with Gasteiger partial charge in [0.15, 0.2) is 0 Å². The molecule has 0 aromatic heterocycles. The van der Waals surface area contributed by atoms with Crippen LogP contribution in [-0.2, 0) is 22.4 Å². The number of nitrogens with zero attached hydrogens (tertiary/aromatic N) is 2. The Morgan fingerprint density at radius 2 is 1.49 bits per heavy atom. The number of amides is 4. The van der Waals surface area contributed by atoms with Crippen LogP contribution in [0.4, 0.5) is 21.0 Å². The van der Waals surface area contributed by atoms with Gasteiger partial charge in [-0.25, -0.2) is 9.59 Å². The summed E-state index contributed by atoms with van der Waals surface area (Å²) in [7, 11) is 0. The molecule has 0 spiro atoms. The van der Waals surface area contributed by atoms with E-state index in [0.29, 0.717) is 36.6 Å².